The number of carbonyl (C=O) groups excluding carboxylic acids is 2. The Morgan fingerprint density at radius 2 is 1.79 bits per heavy atom. The highest BCUT2D eigenvalue weighted by Crippen LogP contribution is 2.40. The monoisotopic (exact) mass is 447 g/mol. The standard InChI is InChI=1S/C25H25N3O5/c1-32-19-9-7-17(8-10-19)22-21(23(29)18-5-3-6-20(15-18)33-2)24(30)25(31)28(22)13-4-12-27-14-11-26-16-27/h3,5-11,14-16,22,29H,4,12-13H2,1-2H3/t22-/m1/s1. The van der Waals surface area contributed by atoms with E-state index in [1.54, 1.807) is 68.2 Å². The molecule has 1 N–H and O–H groups in total. The van der Waals surface area contributed by atoms with Gasteiger partial charge in [0.05, 0.1) is 32.2 Å². The molecule has 3 aromatic rings. The number of hydrogen-bond donors (Lipinski definition) is 1. The van der Waals surface area contributed by atoms with E-state index in [0.717, 1.165) is 0 Å². The summed E-state index contributed by atoms with van der Waals surface area (Å²) in [5.41, 5.74) is 1.17. The van der Waals surface area contributed by atoms with Crippen LogP contribution in [0.25, 0.3) is 5.76 Å². The molecule has 1 fully saturated rings. The Bertz CT molecular complexity index is 1170. The molecule has 4 rings (SSSR count). The Labute approximate surface area is 191 Å². The Hall–Kier alpha value is -4.07. The summed E-state index contributed by atoms with van der Waals surface area (Å²) in [5, 5.41) is 11.1. The second-order valence-corrected chi connectivity index (χ2v) is 7.65. The van der Waals surface area contributed by atoms with E-state index >= 15 is 0 Å². The molecule has 1 atom stereocenters. The molecule has 170 valence electrons. The molecule has 8 nitrogen and oxygen atoms in total. The predicted octanol–water partition coefficient (Wildman–Crippen LogP) is 3.41. The van der Waals surface area contributed by atoms with Crippen molar-refractivity contribution in [2.24, 2.45) is 0 Å². The molecule has 1 aliphatic heterocycles. The van der Waals surface area contributed by atoms with Crippen LogP contribution in [0, 0.1) is 0 Å². The van der Waals surface area contributed by atoms with Crippen LogP contribution >= 0.6 is 0 Å². The maximum Gasteiger partial charge on any atom is 0.295 e. The van der Waals surface area contributed by atoms with Crippen LogP contribution in [0.15, 0.2) is 72.8 Å². The van der Waals surface area contributed by atoms with Crippen LogP contribution in [0.4, 0.5) is 0 Å². The number of Topliss-reactive ketones (excluding diaryl/α,β-unsaturated/α-hetero) is 1. The Morgan fingerprint density at radius 3 is 2.45 bits per heavy atom. The SMILES string of the molecule is COc1ccc([C@@H]2C(=C(O)c3cccc(OC)c3)C(=O)C(=O)N2CCCn2ccnc2)cc1. The van der Waals surface area contributed by atoms with Crippen molar-refractivity contribution in [3.8, 4) is 11.5 Å². The van der Waals surface area contributed by atoms with Gasteiger partial charge in [0.25, 0.3) is 11.7 Å². The number of hydrogen-bond acceptors (Lipinski definition) is 6. The van der Waals surface area contributed by atoms with Crippen molar-refractivity contribution in [1.29, 1.82) is 0 Å². The highest BCUT2D eigenvalue weighted by molar-refractivity contribution is 6.46. The number of benzene rings is 2. The molecule has 8 heteroatoms. The average Bonchev–Trinajstić information content (AvgIpc) is 3.46. The lowest BCUT2D eigenvalue weighted by Gasteiger charge is -2.25. The third kappa shape index (κ3) is 4.45. The molecule has 1 saturated heterocycles. The van der Waals surface area contributed by atoms with Gasteiger partial charge in [0.2, 0.25) is 0 Å². The molecule has 0 radical (unpaired) electrons. The lowest BCUT2D eigenvalue weighted by Crippen LogP contribution is -2.31. The summed E-state index contributed by atoms with van der Waals surface area (Å²) in [6.07, 6.45) is 5.86. The van der Waals surface area contributed by atoms with Crippen LogP contribution in [-0.2, 0) is 16.1 Å². The van der Waals surface area contributed by atoms with Gasteiger partial charge in [0.1, 0.15) is 17.3 Å². The third-order valence-electron chi connectivity index (χ3n) is 5.69. The van der Waals surface area contributed by atoms with Gasteiger partial charge in [-0.05, 0) is 36.2 Å². The topological polar surface area (TPSA) is 93.9 Å². The van der Waals surface area contributed by atoms with Gasteiger partial charge in [-0.1, -0.05) is 24.3 Å². The maximum atomic E-state index is 13.1. The lowest BCUT2D eigenvalue weighted by atomic mass is 9.95. The van der Waals surface area contributed by atoms with E-state index in [2.05, 4.69) is 4.98 Å². The van der Waals surface area contributed by atoms with Gasteiger partial charge >= 0.3 is 0 Å². The second kappa shape index (κ2) is 9.60. The number of ether oxygens (including phenoxy) is 2. The first-order chi connectivity index (χ1) is 16.0. The number of imidazole rings is 1. The summed E-state index contributed by atoms with van der Waals surface area (Å²) in [7, 11) is 3.09. The molecule has 0 unspecified atom stereocenters. The Morgan fingerprint density at radius 1 is 1.03 bits per heavy atom. The quantitative estimate of drug-likeness (QED) is 0.323. The zero-order valence-electron chi connectivity index (χ0n) is 18.5. The summed E-state index contributed by atoms with van der Waals surface area (Å²) >= 11 is 0. The summed E-state index contributed by atoms with van der Waals surface area (Å²) in [4.78, 5) is 31.7. The van der Waals surface area contributed by atoms with Crippen molar-refractivity contribution >= 4 is 17.4 Å². The number of aliphatic hydroxyl groups is 1. The fraction of sp³-hybridized carbons (Fsp3) is 0.240. The van der Waals surface area contributed by atoms with E-state index < -0.39 is 17.7 Å². The molecule has 2 heterocycles. The van der Waals surface area contributed by atoms with Crippen LogP contribution in [0.3, 0.4) is 0 Å². The predicted molar refractivity (Wildman–Crippen MR) is 122 cm³/mol. The van der Waals surface area contributed by atoms with Crippen molar-refractivity contribution in [3.05, 3.63) is 84.0 Å². The summed E-state index contributed by atoms with van der Waals surface area (Å²) in [6.45, 7) is 0.989. The normalized spacial score (nSPS) is 17.4. The zero-order valence-corrected chi connectivity index (χ0v) is 18.5. The van der Waals surface area contributed by atoms with Crippen molar-refractivity contribution in [2.75, 3.05) is 20.8 Å². The van der Waals surface area contributed by atoms with E-state index in [9.17, 15) is 14.7 Å². The van der Waals surface area contributed by atoms with Gasteiger partial charge in [0.15, 0.2) is 0 Å². The Balaban J connectivity index is 1.74. The molecule has 1 aliphatic rings. The maximum absolute atomic E-state index is 13.1. The molecule has 1 aromatic heterocycles. The van der Waals surface area contributed by atoms with Crippen LogP contribution in [0.1, 0.15) is 23.6 Å². The number of aryl methyl sites for hydroxylation is 1. The highest BCUT2D eigenvalue weighted by Gasteiger charge is 2.45. The van der Waals surface area contributed by atoms with Gasteiger partial charge in [0, 0.05) is 31.0 Å². The van der Waals surface area contributed by atoms with Crippen LogP contribution in [0.5, 0.6) is 11.5 Å². The van der Waals surface area contributed by atoms with Gasteiger partial charge in [-0.25, -0.2) is 4.98 Å². The molecule has 0 bridgehead atoms. The Kier molecular flexibility index (Phi) is 6.44. The minimum absolute atomic E-state index is 0.0565. The zero-order chi connectivity index (χ0) is 23.4. The van der Waals surface area contributed by atoms with E-state index in [1.807, 2.05) is 10.8 Å². The number of aromatic nitrogens is 2. The fourth-order valence-corrected chi connectivity index (χ4v) is 4.01. The third-order valence-corrected chi connectivity index (χ3v) is 5.69. The van der Waals surface area contributed by atoms with Crippen molar-refractivity contribution < 1.29 is 24.2 Å². The molecular formula is C25H25N3O5. The van der Waals surface area contributed by atoms with Crippen molar-refractivity contribution in [3.63, 3.8) is 0 Å². The van der Waals surface area contributed by atoms with Gasteiger partial charge in [-0.15, -0.1) is 0 Å². The van der Waals surface area contributed by atoms with Crippen molar-refractivity contribution in [2.45, 2.75) is 19.0 Å². The number of aliphatic hydroxyl groups excluding tert-OH is 1. The second-order valence-electron chi connectivity index (χ2n) is 7.65. The van der Waals surface area contributed by atoms with Gasteiger partial charge in [-0.2, -0.15) is 0 Å². The summed E-state index contributed by atoms with van der Waals surface area (Å²) < 4.78 is 12.4. The van der Waals surface area contributed by atoms with Crippen LogP contribution in [0.2, 0.25) is 0 Å². The number of rotatable bonds is 8. The lowest BCUT2D eigenvalue weighted by molar-refractivity contribution is -0.139. The van der Waals surface area contributed by atoms with Gasteiger partial charge < -0.3 is 24.0 Å². The number of carbonyl (C=O) groups is 2. The van der Waals surface area contributed by atoms with E-state index in [1.165, 1.54) is 12.0 Å². The molecular weight excluding hydrogens is 422 g/mol. The minimum Gasteiger partial charge on any atom is -0.507 e. The number of likely N-dealkylation sites (tertiary alicyclic amines) is 1. The molecule has 0 saturated carbocycles. The molecule has 33 heavy (non-hydrogen) atoms. The number of methoxy groups -OCH3 is 2. The smallest absolute Gasteiger partial charge is 0.295 e. The minimum atomic E-state index is -0.718. The molecule has 0 aliphatic carbocycles. The molecule has 0 spiro atoms. The number of nitrogens with zero attached hydrogens (tertiary/aromatic N) is 3. The summed E-state index contributed by atoms with van der Waals surface area (Å²) in [5.74, 6) is -0.381. The first kappa shape index (κ1) is 22.1. The average molecular weight is 447 g/mol. The van der Waals surface area contributed by atoms with Crippen LogP contribution in [-0.4, -0.2) is 52.0 Å². The number of amides is 1. The first-order valence-corrected chi connectivity index (χ1v) is 10.6. The molecule has 2 aromatic carbocycles. The largest absolute Gasteiger partial charge is 0.507 e. The van der Waals surface area contributed by atoms with Gasteiger partial charge in [-0.3, -0.25) is 9.59 Å². The van der Waals surface area contributed by atoms with E-state index in [4.69, 9.17) is 9.47 Å². The number of ketones is 1. The van der Waals surface area contributed by atoms with Crippen LogP contribution < -0.4 is 9.47 Å². The fourth-order valence-electron chi connectivity index (χ4n) is 4.01. The van der Waals surface area contributed by atoms with E-state index in [0.29, 0.717) is 42.1 Å². The van der Waals surface area contributed by atoms with Crippen molar-refractivity contribution in [1.82, 2.24) is 14.5 Å². The highest BCUT2D eigenvalue weighted by atomic mass is 16.5. The molecule has 1 amide bonds. The first-order valence-electron chi connectivity index (χ1n) is 10.6. The van der Waals surface area contributed by atoms with E-state index in [-0.39, 0.29) is 11.3 Å². The summed E-state index contributed by atoms with van der Waals surface area (Å²) in [6, 6.07) is 13.2.